The number of methoxy groups -OCH3 is 1. The van der Waals surface area contributed by atoms with E-state index < -0.39 is 33.7 Å². The molecule has 0 atom stereocenters. The number of alkyl carbamates (subject to hydrolysis) is 1. The molecule has 0 aliphatic heterocycles. The molecule has 2 N–H and O–H groups in total. The van der Waals surface area contributed by atoms with Gasteiger partial charge in [0.05, 0.1) is 29.9 Å². The maximum Gasteiger partial charge on any atom is 0.413 e. The van der Waals surface area contributed by atoms with Gasteiger partial charge in [-0.05, 0) is 50.1 Å². The van der Waals surface area contributed by atoms with Crippen LogP contribution in [0, 0.1) is 6.92 Å². The van der Waals surface area contributed by atoms with Crippen molar-refractivity contribution in [2.45, 2.75) is 31.6 Å². The molecule has 0 saturated carbocycles. The van der Waals surface area contributed by atoms with Crippen LogP contribution < -0.4 is 10.6 Å². The molecule has 0 saturated heterocycles. The van der Waals surface area contributed by atoms with Crippen LogP contribution in [0.5, 0.6) is 0 Å². The van der Waals surface area contributed by atoms with Gasteiger partial charge in [-0.15, -0.1) is 11.3 Å². The van der Waals surface area contributed by atoms with Crippen molar-refractivity contribution in [3.05, 3.63) is 45.3 Å². The quantitative estimate of drug-likeness (QED) is 0.468. The lowest BCUT2D eigenvalue weighted by Crippen LogP contribution is -2.31. The van der Waals surface area contributed by atoms with E-state index in [-0.39, 0.29) is 51.1 Å². The minimum absolute atomic E-state index is 0.00950. The van der Waals surface area contributed by atoms with Crippen LogP contribution in [0.2, 0.25) is 5.02 Å². The van der Waals surface area contributed by atoms with E-state index in [0.29, 0.717) is 5.02 Å². The molecule has 0 bridgehead atoms. The topological polar surface area (TPSA) is 145 Å². The Bertz CT molecular complexity index is 1190. The highest BCUT2D eigenvalue weighted by Crippen LogP contribution is 2.34. The van der Waals surface area contributed by atoms with Crippen molar-refractivity contribution in [2.24, 2.45) is 0 Å². The number of sulfone groups is 1. The summed E-state index contributed by atoms with van der Waals surface area (Å²) in [5, 5.41) is 4.93. The summed E-state index contributed by atoms with van der Waals surface area (Å²) in [7, 11) is -2.54. The fourth-order valence-electron chi connectivity index (χ4n) is 2.84. The number of halogens is 1. The van der Waals surface area contributed by atoms with Crippen molar-refractivity contribution in [1.29, 1.82) is 0 Å². The van der Waals surface area contributed by atoms with E-state index in [0.717, 1.165) is 18.4 Å². The Labute approximate surface area is 205 Å². The SMILES string of the molecule is CCOC(=O)c1sc(NC(=O)CCCS(=O)(=O)c2ccc(Cl)cc2)c(C(=O)NC(=O)OC)c1C. The molecule has 1 aromatic carbocycles. The maximum atomic E-state index is 12.6. The number of benzene rings is 1. The van der Waals surface area contributed by atoms with E-state index in [1.54, 1.807) is 6.92 Å². The minimum atomic E-state index is -3.62. The zero-order chi connectivity index (χ0) is 25.5. The van der Waals surface area contributed by atoms with E-state index >= 15 is 0 Å². The lowest BCUT2D eigenvalue weighted by atomic mass is 10.1. The van der Waals surface area contributed by atoms with Crippen molar-refractivity contribution in [2.75, 3.05) is 24.8 Å². The van der Waals surface area contributed by atoms with Gasteiger partial charge in [-0.25, -0.2) is 18.0 Å². The molecule has 2 aromatic rings. The van der Waals surface area contributed by atoms with E-state index in [1.165, 1.54) is 31.2 Å². The highest BCUT2D eigenvalue weighted by molar-refractivity contribution is 7.91. The van der Waals surface area contributed by atoms with Gasteiger partial charge in [0.2, 0.25) is 5.91 Å². The minimum Gasteiger partial charge on any atom is -0.462 e. The Morgan fingerprint density at radius 3 is 2.35 bits per heavy atom. The molecule has 0 aliphatic carbocycles. The standard InChI is InChI=1S/C21H23ClN2O8S2/c1-4-32-20(27)17-12(2)16(18(26)24-21(28)31-3)19(33-17)23-15(25)6-5-11-34(29,30)14-9-7-13(22)8-10-14/h7-10H,4-6,11H2,1-3H3,(H,23,25)(H,24,26,28). The molecule has 184 valence electrons. The average molecular weight is 531 g/mol. The number of hydrogen-bond donors (Lipinski definition) is 2. The smallest absolute Gasteiger partial charge is 0.413 e. The first-order valence-corrected chi connectivity index (χ1v) is 12.8. The van der Waals surface area contributed by atoms with Gasteiger partial charge in [0.1, 0.15) is 9.88 Å². The van der Waals surface area contributed by atoms with E-state index in [4.69, 9.17) is 16.3 Å². The molecule has 3 amide bonds. The predicted octanol–water partition coefficient (Wildman–Crippen LogP) is 3.58. The van der Waals surface area contributed by atoms with E-state index in [9.17, 15) is 27.6 Å². The van der Waals surface area contributed by atoms with Crippen molar-refractivity contribution in [1.82, 2.24) is 5.32 Å². The Balaban J connectivity index is 2.15. The van der Waals surface area contributed by atoms with Crippen LogP contribution in [-0.4, -0.2) is 51.8 Å². The largest absolute Gasteiger partial charge is 0.462 e. The monoisotopic (exact) mass is 530 g/mol. The lowest BCUT2D eigenvalue weighted by molar-refractivity contribution is -0.116. The predicted molar refractivity (Wildman–Crippen MR) is 126 cm³/mol. The molecule has 0 radical (unpaired) electrons. The van der Waals surface area contributed by atoms with Gasteiger partial charge in [-0.3, -0.25) is 14.9 Å². The first kappa shape index (κ1) is 27.3. The summed E-state index contributed by atoms with van der Waals surface area (Å²) in [5.74, 6) is -2.42. The molecule has 34 heavy (non-hydrogen) atoms. The summed E-state index contributed by atoms with van der Waals surface area (Å²) in [6.45, 7) is 3.19. The van der Waals surface area contributed by atoms with Gasteiger partial charge in [-0.2, -0.15) is 0 Å². The summed E-state index contributed by atoms with van der Waals surface area (Å²) >= 11 is 6.59. The van der Waals surface area contributed by atoms with Gasteiger partial charge in [0, 0.05) is 11.4 Å². The Hall–Kier alpha value is -2.96. The number of thiophene rings is 1. The summed E-state index contributed by atoms with van der Waals surface area (Å²) in [6.07, 6.45) is -1.18. The van der Waals surface area contributed by atoms with Crippen molar-refractivity contribution < 1.29 is 37.1 Å². The van der Waals surface area contributed by atoms with Crippen molar-refractivity contribution in [3.63, 3.8) is 0 Å². The third-order valence-corrected chi connectivity index (χ3v) is 7.73. The van der Waals surface area contributed by atoms with Crippen LogP contribution in [0.15, 0.2) is 29.2 Å². The molecule has 1 aromatic heterocycles. The number of nitrogens with one attached hydrogen (secondary N) is 2. The third-order valence-electron chi connectivity index (χ3n) is 4.48. The highest BCUT2D eigenvalue weighted by Gasteiger charge is 2.27. The van der Waals surface area contributed by atoms with Gasteiger partial charge in [0.25, 0.3) is 5.91 Å². The van der Waals surface area contributed by atoms with Crippen LogP contribution in [0.4, 0.5) is 9.80 Å². The third kappa shape index (κ3) is 7.02. The second-order valence-corrected chi connectivity index (χ2v) is 10.4. The van der Waals surface area contributed by atoms with Crippen LogP contribution in [0.3, 0.4) is 0 Å². The Morgan fingerprint density at radius 1 is 1.12 bits per heavy atom. The molecular formula is C21H23ClN2O8S2. The van der Waals surface area contributed by atoms with Crippen LogP contribution in [-0.2, 0) is 24.1 Å². The molecule has 0 aliphatic rings. The Kier molecular flexibility index (Phi) is 9.59. The first-order valence-electron chi connectivity index (χ1n) is 9.98. The number of hydrogen-bond acceptors (Lipinski definition) is 9. The summed E-state index contributed by atoms with van der Waals surface area (Å²) in [5.41, 5.74) is 0.117. The summed E-state index contributed by atoms with van der Waals surface area (Å²) in [6, 6.07) is 5.69. The lowest BCUT2D eigenvalue weighted by Gasteiger charge is -2.08. The number of rotatable bonds is 9. The second-order valence-electron chi connectivity index (χ2n) is 6.85. The average Bonchev–Trinajstić information content (AvgIpc) is 3.09. The summed E-state index contributed by atoms with van der Waals surface area (Å²) in [4.78, 5) is 48.9. The van der Waals surface area contributed by atoms with Crippen LogP contribution >= 0.6 is 22.9 Å². The zero-order valence-corrected chi connectivity index (χ0v) is 21.0. The van der Waals surface area contributed by atoms with Crippen LogP contribution in [0.25, 0.3) is 0 Å². The molecule has 0 spiro atoms. The molecular weight excluding hydrogens is 508 g/mol. The molecule has 10 nitrogen and oxygen atoms in total. The van der Waals surface area contributed by atoms with Gasteiger partial charge < -0.3 is 14.8 Å². The second kappa shape index (κ2) is 12.0. The highest BCUT2D eigenvalue weighted by atomic mass is 35.5. The fraction of sp³-hybridized carbons (Fsp3) is 0.333. The molecule has 1 heterocycles. The van der Waals surface area contributed by atoms with E-state index in [1.807, 2.05) is 5.32 Å². The molecule has 0 unspecified atom stereocenters. The number of imide groups is 1. The van der Waals surface area contributed by atoms with Crippen LogP contribution in [0.1, 0.15) is 45.4 Å². The number of esters is 1. The number of ether oxygens (including phenoxy) is 2. The number of amides is 3. The fourth-order valence-corrected chi connectivity index (χ4v) is 5.40. The normalized spacial score (nSPS) is 10.9. The van der Waals surface area contributed by atoms with Gasteiger partial charge >= 0.3 is 12.1 Å². The number of anilines is 1. The maximum absolute atomic E-state index is 12.6. The molecule has 2 rings (SSSR count). The molecule has 13 heteroatoms. The first-order chi connectivity index (χ1) is 16.0. The van der Waals surface area contributed by atoms with E-state index in [2.05, 4.69) is 10.1 Å². The Morgan fingerprint density at radius 2 is 1.76 bits per heavy atom. The number of carbonyl (C=O) groups is 4. The number of carbonyl (C=O) groups excluding carboxylic acids is 4. The zero-order valence-electron chi connectivity index (χ0n) is 18.6. The van der Waals surface area contributed by atoms with Crippen molar-refractivity contribution >= 4 is 61.7 Å². The van der Waals surface area contributed by atoms with Crippen molar-refractivity contribution in [3.8, 4) is 0 Å². The van der Waals surface area contributed by atoms with Gasteiger partial charge in [0.15, 0.2) is 9.84 Å². The van der Waals surface area contributed by atoms with Gasteiger partial charge in [-0.1, -0.05) is 11.6 Å². The molecule has 0 fully saturated rings. The summed E-state index contributed by atoms with van der Waals surface area (Å²) < 4.78 is 34.2.